The fourth-order valence-corrected chi connectivity index (χ4v) is 4.90. The van der Waals surface area contributed by atoms with E-state index in [-0.39, 0.29) is 6.61 Å². The highest BCUT2D eigenvalue weighted by Crippen LogP contribution is 2.59. The molecule has 1 aliphatic rings. The SMILES string of the molecule is CCOP1(=O)C(/C=C/P(=O)(OC)OC)=COc2ccccc21. The van der Waals surface area contributed by atoms with E-state index in [1.165, 1.54) is 32.4 Å². The zero-order chi connectivity index (χ0) is 16.2. The van der Waals surface area contributed by atoms with E-state index in [4.69, 9.17) is 18.3 Å². The fraction of sp³-hybridized carbons (Fsp3) is 0.286. The van der Waals surface area contributed by atoms with Crippen molar-refractivity contribution < 1.29 is 27.4 Å². The van der Waals surface area contributed by atoms with Gasteiger partial charge in [0.05, 0.1) is 17.2 Å². The van der Waals surface area contributed by atoms with Crippen LogP contribution in [0, 0.1) is 0 Å². The number of rotatable bonds is 6. The first kappa shape index (κ1) is 17.2. The number of para-hydroxylation sites is 1. The van der Waals surface area contributed by atoms with Crippen molar-refractivity contribution in [3.63, 3.8) is 0 Å². The molecule has 0 aliphatic carbocycles. The molecule has 22 heavy (non-hydrogen) atoms. The van der Waals surface area contributed by atoms with E-state index in [0.29, 0.717) is 16.4 Å². The van der Waals surface area contributed by atoms with Crippen LogP contribution in [0.25, 0.3) is 0 Å². The smallest absolute Gasteiger partial charge is 0.353 e. The number of benzene rings is 1. The molecule has 0 saturated carbocycles. The molecule has 1 aromatic rings. The van der Waals surface area contributed by atoms with Crippen LogP contribution in [0.3, 0.4) is 0 Å². The topological polar surface area (TPSA) is 71.1 Å². The number of allylic oxidation sites excluding steroid dienone is 2. The third kappa shape index (κ3) is 3.27. The summed E-state index contributed by atoms with van der Waals surface area (Å²) in [5.74, 6) is 1.72. The Morgan fingerprint density at radius 1 is 1.27 bits per heavy atom. The van der Waals surface area contributed by atoms with E-state index in [2.05, 4.69) is 0 Å². The van der Waals surface area contributed by atoms with Crippen LogP contribution < -0.4 is 10.0 Å². The average molecular weight is 344 g/mol. The van der Waals surface area contributed by atoms with Gasteiger partial charge in [-0.15, -0.1) is 0 Å². The van der Waals surface area contributed by atoms with Gasteiger partial charge in [-0.1, -0.05) is 12.1 Å². The number of fused-ring (bicyclic) bond motifs is 1. The summed E-state index contributed by atoms with van der Waals surface area (Å²) in [6.07, 6.45) is 2.74. The third-order valence-electron chi connectivity index (χ3n) is 3.08. The molecule has 0 amide bonds. The molecule has 6 nitrogen and oxygen atoms in total. The Bertz CT molecular complexity index is 686. The summed E-state index contributed by atoms with van der Waals surface area (Å²) in [6, 6.07) is 6.95. The molecule has 8 heteroatoms. The number of hydrogen-bond acceptors (Lipinski definition) is 6. The van der Waals surface area contributed by atoms with Gasteiger partial charge in [-0.25, -0.2) is 0 Å². The second-order valence-electron chi connectivity index (χ2n) is 4.32. The molecule has 1 aliphatic heterocycles. The number of hydrogen-bond donors (Lipinski definition) is 0. The van der Waals surface area contributed by atoms with Crippen LogP contribution in [-0.4, -0.2) is 20.8 Å². The van der Waals surface area contributed by atoms with E-state index in [1.807, 2.05) is 0 Å². The molecule has 120 valence electrons. The van der Waals surface area contributed by atoms with Crippen LogP contribution in [-0.2, 0) is 22.7 Å². The van der Waals surface area contributed by atoms with Crippen molar-refractivity contribution >= 4 is 20.3 Å². The molecule has 1 heterocycles. The second kappa shape index (κ2) is 6.95. The lowest BCUT2D eigenvalue weighted by Gasteiger charge is -2.25. The summed E-state index contributed by atoms with van der Waals surface area (Å²) in [5.41, 5.74) is 0. The van der Waals surface area contributed by atoms with Crippen LogP contribution >= 0.6 is 15.0 Å². The minimum absolute atomic E-state index is 0.267. The van der Waals surface area contributed by atoms with E-state index < -0.39 is 15.0 Å². The van der Waals surface area contributed by atoms with Gasteiger partial charge in [0, 0.05) is 20.0 Å². The lowest BCUT2D eigenvalue weighted by molar-refractivity contribution is 0.286. The first-order chi connectivity index (χ1) is 10.5. The predicted octanol–water partition coefficient (Wildman–Crippen LogP) is 3.86. The normalized spacial score (nSPS) is 21.3. The van der Waals surface area contributed by atoms with Gasteiger partial charge in [0.15, 0.2) is 0 Å². The van der Waals surface area contributed by atoms with Crippen molar-refractivity contribution in [1.82, 2.24) is 0 Å². The lowest BCUT2D eigenvalue weighted by atomic mass is 10.3. The Morgan fingerprint density at radius 3 is 2.59 bits per heavy atom. The molecule has 0 spiro atoms. The Morgan fingerprint density at radius 2 is 1.95 bits per heavy atom. The minimum atomic E-state index is -3.36. The van der Waals surface area contributed by atoms with Gasteiger partial charge in [0.25, 0.3) is 7.37 Å². The Labute approximate surface area is 129 Å². The van der Waals surface area contributed by atoms with Gasteiger partial charge in [0.2, 0.25) is 0 Å². The minimum Gasteiger partial charge on any atom is -0.463 e. The zero-order valence-corrected chi connectivity index (χ0v) is 14.4. The van der Waals surface area contributed by atoms with E-state index >= 15 is 0 Å². The standard InChI is InChI=1S/C14H18O6P2/c1-4-20-22(16)12(9-10-21(15,17-2)18-3)11-19-13-7-5-6-8-14(13)22/h5-11H,4H2,1-3H3/b10-9+. The van der Waals surface area contributed by atoms with Gasteiger partial charge < -0.3 is 18.3 Å². The molecular formula is C14H18O6P2. The first-order valence-electron chi connectivity index (χ1n) is 6.61. The molecule has 0 aromatic heterocycles. The van der Waals surface area contributed by atoms with Crippen molar-refractivity contribution in [1.29, 1.82) is 0 Å². The third-order valence-corrected chi connectivity index (χ3v) is 7.17. The lowest BCUT2D eigenvalue weighted by Crippen LogP contribution is -2.16. The summed E-state index contributed by atoms with van der Waals surface area (Å²) in [5, 5.41) is 0.769. The van der Waals surface area contributed by atoms with Crippen LogP contribution in [0.1, 0.15) is 6.92 Å². The van der Waals surface area contributed by atoms with Crippen LogP contribution in [0.15, 0.2) is 47.7 Å². The summed E-state index contributed by atoms with van der Waals surface area (Å²) in [6.45, 7) is 2.03. The Balaban J connectivity index is 2.44. The van der Waals surface area contributed by atoms with Crippen molar-refractivity contribution in [3.8, 4) is 5.75 Å². The maximum Gasteiger partial charge on any atom is 0.353 e. The molecule has 1 atom stereocenters. The maximum absolute atomic E-state index is 13.3. The molecular weight excluding hydrogens is 326 g/mol. The molecule has 0 saturated heterocycles. The van der Waals surface area contributed by atoms with Gasteiger partial charge in [0.1, 0.15) is 12.0 Å². The largest absolute Gasteiger partial charge is 0.463 e. The summed E-state index contributed by atoms with van der Waals surface area (Å²) in [7, 11) is -4.11. The highest BCUT2D eigenvalue weighted by molar-refractivity contribution is 7.71. The quantitative estimate of drug-likeness (QED) is 0.730. The van der Waals surface area contributed by atoms with Crippen molar-refractivity contribution in [2.24, 2.45) is 0 Å². The molecule has 0 bridgehead atoms. The van der Waals surface area contributed by atoms with Gasteiger partial charge >= 0.3 is 7.60 Å². The summed E-state index contributed by atoms with van der Waals surface area (Å²) < 4.78 is 46.0. The van der Waals surface area contributed by atoms with Gasteiger partial charge in [-0.3, -0.25) is 9.13 Å². The Kier molecular flexibility index (Phi) is 5.43. The van der Waals surface area contributed by atoms with Crippen LogP contribution in [0.4, 0.5) is 0 Å². The molecule has 0 radical (unpaired) electrons. The molecule has 0 N–H and O–H groups in total. The zero-order valence-electron chi connectivity index (χ0n) is 12.6. The molecule has 2 rings (SSSR count). The van der Waals surface area contributed by atoms with Gasteiger partial charge in [-0.05, 0) is 25.1 Å². The second-order valence-corrected chi connectivity index (χ2v) is 8.79. The van der Waals surface area contributed by atoms with Crippen LogP contribution in [0.2, 0.25) is 0 Å². The van der Waals surface area contributed by atoms with Crippen molar-refractivity contribution in [2.45, 2.75) is 6.92 Å². The Hall–Kier alpha value is -1.16. The summed E-state index contributed by atoms with van der Waals surface area (Å²) in [4.78, 5) is 0. The maximum atomic E-state index is 13.3. The number of ether oxygens (including phenoxy) is 1. The average Bonchev–Trinajstić information content (AvgIpc) is 2.54. The fourth-order valence-electron chi connectivity index (χ4n) is 1.96. The first-order valence-corrected chi connectivity index (χ1v) is 9.84. The highest BCUT2D eigenvalue weighted by Gasteiger charge is 2.36. The van der Waals surface area contributed by atoms with E-state index in [9.17, 15) is 9.13 Å². The summed E-state index contributed by atoms with van der Waals surface area (Å²) >= 11 is 0. The van der Waals surface area contributed by atoms with Crippen molar-refractivity contribution in [3.05, 3.63) is 47.7 Å². The van der Waals surface area contributed by atoms with E-state index in [1.54, 1.807) is 31.2 Å². The predicted molar refractivity (Wildman–Crippen MR) is 84.8 cm³/mol. The monoisotopic (exact) mass is 344 g/mol. The molecule has 0 fully saturated rings. The van der Waals surface area contributed by atoms with Gasteiger partial charge in [-0.2, -0.15) is 0 Å². The molecule has 1 unspecified atom stereocenters. The highest BCUT2D eigenvalue weighted by atomic mass is 31.2. The van der Waals surface area contributed by atoms with Crippen molar-refractivity contribution in [2.75, 3.05) is 20.8 Å². The van der Waals surface area contributed by atoms with E-state index in [0.717, 1.165) is 0 Å². The molecule has 1 aromatic carbocycles. The van der Waals surface area contributed by atoms with Crippen LogP contribution in [0.5, 0.6) is 5.75 Å².